The quantitative estimate of drug-likeness (QED) is 0.250. The van der Waals surface area contributed by atoms with Crippen LogP contribution in [0.5, 0.6) is 0 Å². The molecule has 0 aromatic carbocycles. The molecule has 2 atom stereocenters. The van der Waals surface area contributed by atoms with Crippen molar-refractivity contribution in [1.29, 1.82) is 0 Å². The number of piperazine rings is 2. The summed E-state index contributed by atoms with van der Waals surface area (Å²) >= 11 is 0. The minimum Gasteiger partial charge on any atom is -0.368 e. The molecule has 64 heavy (non-hydrogen) atoms. The Balaban J connectivity index is 0.916. The van der Waals surface area contributed by atoms with Gasteiger partial charge in [-0.05, 0) is 64.0 Å². The maximum Gasteiger partial charge on any atom is 0.247 e. The predicted octanol–water partition coefficient (Wildman–Crippen LogP) is 5.41. The van der Waals surface area contributed by atoms with E-state index in [2.05, 4.69) is 82.1 Å². The number of nitrogens with one attached hydrogen (secondary N) is 1. The fourth-order valence-electron chi connectivity index (χ4n) is 11.2. The fraction of sp³-hybridized carbons (Fsp3) is 0.533. The summed E-state index contributed by atoms with van der Waals surface area (Å²) in [5.74, 6) is 5.35. The number of fused-ring (bicyclic) bond motifs is 8. The average Bonchev–Trinajstić information content (AvgIpc) is 3.89. The van der Waals surface area contributed by atoms with Crippen LogP contribution in [0, 0.1) is 0 Å². The highest BCUT2D eigenvalue weighted by molar-refractivity contribution is 6.12. The SMILES string of the molecule is CN1CCN(c2ccc(Nc3ncc4c(n3)N3C(=NCC35CCCCC5N(c3ccc(N5CCN(C)CC5)cn3)c3ncc5c(n3)N3C(=NCC36CCCCC6)N=N5)N=C4)nc2)CC1. The van der Waals surface area contributed by atoms with E-state index in [-0.39, 0.29) is 11.6 Å². The summed E-state index contributed by atoms with van der Waals surface area (Å²) < 4.78 is 0. The van der Waals surface area contributed by atoms with Gasteiger partial charge in [-0.3, -0.25) is 14.7 Å². The Labute approximate surface area is 373 Å². The van der Waals surface area contributed by atoms with Crippen molar-refractivity contribution in [3.8, 4) is 0 Å². The van der Waals surface area contributed by atoms with Gasteiger partial charge in [0.05, 0.1) is 65.7 Å². The van der Waals surface area contributed by atoms with Gasteiger partial charge in [0.2, 0.25) is 23.8 Å². The molecule has 4 fully saturated rings. The van der Waals surface area contributed by atoms with Crippen molar-refractivity contribution in [2.24, 2.45) is 25.2 Å². The van der Waals surface area contributed by atoms with E-state index in [9.17, 15) is 0 Å². The smallest absolute Gasteiger partial charge is 0.247 e. The molecule has 6 aliphatic heterocycles. The molecular formula is C45H55N19. The van der Waals surface area contributed by atoms with Crippen LogP contribution in [0.1, 0.15) is 63.4 Å². The molecule has 12 rings (SSSR count). The summed E-state index contributed by atoms with van der Waals surface area (Å²) in [5, 5.41) is 12.6. The van der Waals surface area contributed by atoms with Gasteiger partial charge in [-0.25, -0.2) is 34.9 Å². The molecule has 1 N–H and O–H groups in total. The number of hydrogen-bond donors (Lipinski definition) is 1. The molecule has 0 bridgehead atoms. The molecule has 0 radical (unpaired) electrons. The van der Waals surface area contributed by atoms with Crippen molar-refractivity contribution in [3.05, 3.63) is 54.6 Å². The van der Waals surface area contributed by atoms with Gasteiger partial charge in [0, 0.05) is 64.8 Å². The summed E-state index contributed by atoms with van der Waals surface area (Å²) in [6.07, 6.45) is 18.9. The van der Waals surface area contributed by atoms with Crippen molar-refractivity contribution in [3.63, 3.8) is 0 Å². The molecule has 19 heteroatoms. The van der Waals surface area contributed by atoms with E-state index in [0.29, 0.717) is 48.4 Å². The summed E-state index contributed by atoms with van der Waals surface area (Å²) in [7, 11) is 4.35. The lowest BCUT2D eigenvalue weighted by Crippen LogP contribution is -2.64. The lowest BCUT2D eigenvalue weighted by atomic mass is 9.75. The molecule has 330 valence electrons. The van der Waals surface area contributed by atoms with Gasteiger partial charge in [0.25, 0.3) is 0 Å². The van der Waals surface area contributed by atoms with E-state index in [0.717, 1.165) is 138 Å². The lowest BCUT2D eigenvalue weighted by molar-refractivity contribution is 0.267. The molecule has 4 aromatic rings. The van der Waals surface area contributed by atoms with Gasteiger partial charge in [-0.1, -0.05) is 32.1 Å². The minimum atomic E-state index is -0.546. The highest BCUT2D eigenvalue weighted by Gasteiger charge is 2.56. The Bertz CT molecular complexity index is 2520. The van der Waals surface area contributed by atoms with E-state index >= 15 is 0 Å². The topological polar surface area (TPSA) is 174 Å². The zero-order valence-corrected chi connectivity index (χ0v) is 36.8. The van der Waals surface area contributed by atoms with Crippen molar-refractivity contribution < 1.29 is 0 Å². The Kier molecular flexibility index (Phi) is 9.72. The molecule has 4 aromatic heterocycles. The van der Waals surface area contributed by atoms with Crippen LogP contribution in [0.2, 0.25) is 0 Å². The van der Waals surface area contributed by atoms with E-state index in [1.807, 2.05) is 37.1 Å². The number of anilines is 8. The number of pyridine rings is 2. The molecule has 8 aliphatic rings. The Morgan fingerprint density at radius 2 is 1.38 bits per heavy atom. The summed E-state index contributed by atoms with van der Waals surface area (Å²) in [6, 6.07) is 8.33. The highest BCUT2D eigenvalue weighted by atomic mass is 15.5. The van der Waals surface area contributed by atoms with E-state index in [1.54, 1.807) is 0 Å². The number of aliphatic imine (C=N–C) groups is 3. The van der Waals surface area contributed by atoms with Crippen LogP contribution in [-0.4, -0.2) is 154 Å². The maximum atomic E-state index is 5.50. The molecule has 19 nitrogen and oxygen atoms in total. The first-order valence-electron chi connectivity index (χ1n) is 23.2. The molecule has 2 saturated carbocycles. The van der Waals surface area contributed by atoms with Gasteiger partial charge >= 0.3 is 0 Å². The Morgan fingerprint density at radius 3 is 2.11 bits per heavy atom. The normalized spacial score (nSPS) is 24.9. The third kappa shape index (κ3) is 6.73. The van der Waals surface area contributed by atoms with Crippen molar-refractivity contribution in [2.75, 3.05) is 109 Å². The van der Waals surface area contributed by atoms with E-state index in [4.69, 9.17) is 44.9 Å². The standard InChI is InChI=1S/C45H55N19/c1-58-16-20-60(21-17-58)32-9-11-36(46-26-32)53-40-48-24-31-25-49-41-52-30-45(64(41)38(31)54-40)15-7-4-8-35(45)62(37-12-10-33(27-47-37)61-22-18-59(2)19-23-61)42-50-28-34-39(55-42)63-43(57-56-34)51-29-44(63)13-5-3-6-14-44/h9-12,24-28,35H,3-8,13-23,29-30H2,1-2H3,(H,46,48,53,54). The molecule has 2 saturated heterocycles. The number of aromatic nitrogens is 6. The van der Waals surface area contributed by atoms with Crippen LogP contribution < -0.4 is 29.8 Å². The summed E-state index contributed by atoms with van der Waals surface area (Å²) in [4.78, 5) is 62.0. The minimum absolute atomic E-state index is 0.149. The lowest BCUT2D eigenvalue weighted by Gasteiger charge is -2.51. The number of hydrogen-bond acceptors (Lipinski definition) is 19. The Morgan fingerprint density at radius 1 is 0.641 bits per heavy atom. The fourth-order valence-corrected chi connectivity index (χ4v) is 11.2. The number of nitrogens with zero attached hydrogens (tertiary/aromatic N) is 18. The van der Waals surface area contributed by atoms with Crippen molar-refractivity contribution in [2.45, 2.75) is 74.9 Å². The second-order valence-electron chi connectivity index (χ2n) is 18.7. The second kappa shape index (κ2) is 15.8. The number of likely N-dealkylation sites (N-methyl/N-ethyl adjacent to an activating group) is 2. The van der Waals surface area contributed by atoms with Crippen molar-refractivity contribution in [1.82, 2.24) is 39.7 Å². The van der Waals surface area contributed by atoms with Gasteiger partial charge in [0.15, 0.2) is 11.6 Å². The predicted molar refractivity (Wildman–Crippen MR) is 250 cm³/mol. The second-order valence-corrected chi connectivity index (χ2v) is 18.7. The molecular weight excluding hydrogens is 807 g/mol. The molecule has 0 amide bonds. The van der Waals surface area contributed by atoms with Crippen molar-refractivity contribution >= 4 is 70.4 Å². The van der Waals surface area contributed by atoms with Crippen LogP contribution in [0.15, 0.2) is 74.3 Å². The summed E-state index contributed by atoms with van der Waals surface area (Å²) in [6.45, 7) is 9.24. The first-order valence-corrected chi connectivity index (χ1v) is 23.2. The summed E-state index contributed by atoms with van der Waals surface area (Å²) in [5.41, 5.74) is 3.04. The Hall–Kier alpha value is -6.21. The third-order valence-corrected chi connectivity index (χ3v) is 14.8. The molecule has 2 aliphatic carbocycles. The first kappa shape index (κ1) is 39.4. The molecule has 10 heterocycles. The zero-order chi connectivity index (χ0) is 42.8. The number of rotatable bonds is 7. The largest absolute Gasteiger partial charge is 0.368 e. The maximum absolute atomic E-state index is 5.50. The number of guanidine groups is 2. The molecule has 2 spiro atoms. The van der Waals surface area contributed by atoms with Crippen LogP contribution in [0.4, 0.5) is 52.2 Å². The van der Waals surface area contributed by atoms with Gasteiger partial charge in [-0.2, -0.15) is 9.97 Å². The zero-order valence-electron chi connectivity index (χ0n) is 36.8. The highest BCUT2D eigenvalue weighted by Crippen LogP contribution is 2.49. The third-order valence-electron chi connectivity index (χ3n) is 14.8. The van der Waals surface area contributed by atoms with Crippen LogP contribution in [-0.2, 0) is 0 Å². The van der Waals surface area contributed by atoms with Gasteiger partial charge in [-0.15, -0.1) is 10.2 Å². The van der Waals surface area contributed by atoms with E-state index < -0.39 is 5.54 Å². The number of azo groups is 1. The first-order chi connectivity index (χ1) is 31.4. The van der Waals surface area contributed by atoms with Crippen LogP contribution in [0.25, 0.3) is 0 Å². The van der Waals surface area contributed by atoms with Gasteiger partial charge in [0.1, 0.15) is 17.3 Å². The average molecular weight is 862 g/mol. The molecule has 2 unspecified atom stereocenters. The van der Waals surface area contributed by atoms with Crippen LogP contribution >= 0.6 is 0 Å². The monoisotopic (exact) mass is 861 g/mol. The van der Waals surface area contributed by atoms with Gasteiger partial charge < -0.3 is 24.9 Å². The van der Waals surface area contributed by atoms with Crippen LogP contribution in [0.3, 0.4) is 0 Å². The van der Waals surface area contributed by atoms with E-state index in [1.165, 1.54) is 6.42 Å².